The number of halogens is 1. The van der Waals surface area contributed by atoms with Crippen molar-refractivity contribution < 1.29 is 9.84 Å². The fraction of sp³-hybridized carbons (Fsp3) is 0.412. The summed E-state index contributed by atoms with van der Waals surface area (Å²) < 4.78 is 6.65. The van der Waals surface area contributed by atoms with Gasteiger partial charge in [0.1, 0.15) is 5.02 Å². The van der Waals surface area contributed by atoms with Gasteiger partial charge >= 0.3 is 0 Å². The molecule has 0 saturated heterocycles. The highest BCUT2D eigenvalue weighted by atomic mass is 35.5. The van der Waals surface area contributed by atoms with Crippen molar-refractivity contribution in [3.63, 3.8) is 0 Å². The zero-order valence-electron chi connectivity index (χ0n) is 13.5. The van der Waals surface area contributed by atoms with Gasteiger partial charge in [0.05, 0.1) is 31.6 Å². The summed E-state index contributed by atoms with van der Waals surface area (Å²) in [7, 11) is 0. The van der Waals surface area contributed by atoms with Gasteiger partial charge in [-0.2, -0.15) is 5.10 Å². The molecule has 1 aromatic heterocycles. The monoisotopic (exact) mass is 336 g/mol. The fourth-order valence-electron chi connectivity index (χ4n) is 2.15. The predicted octanol–water partition coefficient (Wildman–Crippen LogP) is 2.83. The Kier molecular flexibility index (Phi) is 5.57. The lowest BCUT2D eigenvalue weighted by molar-refractivity contribution is 0.0815. The minimum absolute atomic E-state index is 0.00340. The predicted molar refractivity (Wildman–Crippen MR) is 90.7 cm³/mol. The summed E-state index contributed by atoms with van der Waals surface area (Å²) in [6.45, 7) is 6.44. The number of aliphatic hydroxyl groups is 1. The van der Waals surface area contributed by atoms with E-state index < -0.39 is 5.54 Å². The van der Waals surface area contributed by atoms with E-state index in [2.05, 4.69) is 5.10 Å². The highest BCUT2D eigenvalue weighted by Gasteiger charge is 2.19. The Morgan fingerprint density at radius 3 is 2.48 bits per heavy atom. The Morgan fingerprint density at radius 1 is 1.26 bits per heavy atom. The lowest BCUT2D eigenvalue weighted by Crippen LogP contribution is -2.36. The van der Waals surface area contributed by atoms with Crippen LogP contribution in [0.4, 0.5) is 0 Å². The van der Waals surface area contributed by atoms with Crippen LogP contribution in [-0.4, -0.2) is 28.1 Å². The van der Waals surface area contributed by atoms with E-state index in [1.807, 2.05) is 45.0 Å². The van der Waals surface area contributed by atoms with Crippen LogP contribution in [-0.2, 0) is 16.9 Å². The first-order chi connectivity index (χ1) is 10.8. The minimum atomic E-state index is -0.423. The summed E-state index contributed by atoms with van der Waals surface area (Å²) in [6.07, 6.45) is 1.62. The Labute approximate surface area is 140 Å². The smallest absolute Gasteiger partial charge is 0.286 e. The molecular formula is C17H21ClN2O3. The highest BCUT2D eigenvalue weighted by Crippen LogP contribution is 2.25. The normalized spacial score (nSPS) is 11.7. The molecule has 6 heteroatoms. The molecule has 0 saturated carbocycles. The van der Waals surface area contributed by atoms with Crippen LogP contribution in [0.2, 0.25) is 5.02 Å². The van der Waals surface area contributed by atoms with E-state index in [1.54, 1.807) is 6.20 Å². The van der Waals surface area contributed by atoms with E-state index in [9.17, 15) is 4.79 Å². The highest BCUT2D eigenvalue weighted by molar-refractivity contribution is 6.33. The van der Waals surface area contributed by atoms with Gasteiger partial charge in [-0.15, -0.1) is 0 Å². The molecule has 2 aromatic rings. The first kappa shape index (κ1) is 17.7. The molecule has 0 amide bonds. The summed E-state index contributed by atoms with van der Waals surface area (Å²) >= 11 is 6.26. The summed E-state index contributed by atoms with van der Waals surface area (Å²) in [5.74, 6) is 0. The second-order valence-corrected chi connectivity index (χ2v) is 6.61. The molecule has 0 aliphatic heterocycles. The van der Waals surface area contributed by atoms with Crippen molar-refractivity contribution in [3.8, 4) is 11.1 Å². The van der Waals surface area contributed by atoms with Crippen molar-refractivity contribution in [2.24, 2.45) is 0 Å². The number of hydrogen-bond acceptors (Lipinski definition) is 4. The molecule has 0 radical (unpaired) electrons. The molecule has 0 bridgehead atoms. The molecule has 0 fully saturated rings. The quantitative estimate of drug-likeness (QED) is 0.853. The van der Waals surface area contributed by atoms with Crippen LogP contribution in [0, 0.1) is 0 Å². The molecule has 0 aliphatic rings. The number of benzene rings is 1. The Morgan fingerprint density at radius 2 is 1.91 bits per heavy atom. The standard InChI is InChI=1S/C17H21ClN2O3/c1-17(2,3)20-16(22)15(18)14(10-19-20)13-6-4-12(5-7-13)11-23-9-8-21/h4-7,10,21H,8-9,11H2,1-3H3. The summed E-state index contributed by atoms with van der Waals surface area (Å²) in [4.78, 5) is 12.4. The molecule has 1 N–H and O–H groups in total. The molecule has 0 atom stereocenters. The van der Waals surface area contributed by atoms with Crippen LogP contribution >= 0.6 is 11.6 Å². The number of aliphatic hydroxyl groups excluding tert-OH is 1. The van der Waals surface area contributed by atoms with Crippen molar-refractivity contribution in [1.82, 2.24) is 9.78 Å². The number of hydrogen-bond donors (Lipinski definition) is 1. The van der Waals surface area contributed by atoms with Crippen LogP contribution in [0.15, 0.2) is 35.3 Å². The van der Waals surface area contributed by atoms with Crippen molar-refractivity contribution in [1.29, 1.82) is 0 Å². The van der Waals surface area contributed by atoms with Crippen molar-refractivity contribution >= 4 is 11.6 Å². The third-order valence-corrected chi connectivity index (χ3v) is 3.69. The summed E-state index contributed by atoms with van der Waals surface area (Å²) in [5.41, 5.74) is 1.69. The first-order valence-electron chi connectivity index (χ1n) is 7.41. The van der Waals surface area contributed by atoms with Crippen molar-refractivity contribution in [2.45, 2.75) is 32.9 Å². The Bertz CT molecular complexity index is 718. The van der Waals surface area contributed by atoms with Crippen molar-refractivity contribution in [2.75, 3.05) is 13.2 Å². The maximum atomic E-state index is 12.4. The van der Waals surface area contributed by atoms with Gasteiger partial charge in [0.25, 0.3) is 5.56 Å². The molecular weight excluding hydrogens is 316 g/mol. The molecule has 0 spiro atoms. The Hall–Kier alpha value is -1.69. The summed E-state index contributed by atoms with van der Waals surface area (Å²) in [5, 5.41) is 13.1. The van der Waals surface area contributed by atoms with E-state index in [1.165, 1.54) is 4.68 Å². The third kappa shape index (κ3) is 4.19. The van der Waals surface area contributed by atoms with Gasteiger partial charge in [0.15, 0.2) is 0 Å². The minimum Gasteiger partial charge on any atom is -0.394 e. The SMILES string of the molecule is CC(C)(C)n1ncc(-c2ccc(COCCO)cc2)c(Cl)c1=O. The number of rotatable bonds is 5. The molecule has 5 nitrogen and oxygen atoms in total. The van der Waals surface area contributed by atoms with Crippen LogP contribution in [0.1, 0.15) is 26.3 Å². The van der Waals surface area contributed by atoms with Crippen LogP contribution in [0.25, 0.3) is 11.1 Å². The van der Waals surface area contributed by atoms with Gasteiger partial charge in [-0.05, 0) is 31.9 Å². The lowest BCUT2D eigenvalue weighted by atomic mass is 10.1. The zero-order chi connectivity index (χ0) is 17.0. The number of ether oxygens (including phenoxy) is 1. The topological polar surface area (TPSA) is 64.3 Å². The first-order valence-corrected chi connectivity index (χ1v) is 7.78. The largest absolute Gasteiger partial charge is 0.394 e. The molecule has 1 aromatic carbocycles. The average molecular weight is 337 g/mol. The Balaban J connectivity index is 2.29. The van der Waals surface area contributed by atoms with Crippen LogP contribution in [0.3, 0.4) is 0 Å². The van der Waals surface area contributed by atoms with Gasteiger partial charge in [-0.1, -0.05) is 35.9 Å². The second kappa shape index (κ2) is 7.25. The maximum absolute atomic E-state index is 12.4. The number of nitrogens with zero attached hydrogens (tertiary/aromatic N) is 2. The summed E-state index contributed by atoms with van der Waals surface area (Å²) in [6, 6.07) is 7.56. The van der Waals surface area contributed by atoms with Crippen LogP contribution < -0.4 is 5.56 Å². The van der Waals surface area contributed by atoms with E-state index in [0.717, 1.165) is 11.1 Å². The molecule has 0 unspecified atom stereocenters. The van der Waals surface area contributed by atoms with Gasteiger partial charge < -0.3 is 9.84 Å². The lowest BCUT2D eigenvalue weighted by Gasteiger charge is -2.21. The van der Waals surface area contributed by atoms with E-state index in [4.69, 9.17) is 21.4 Å². The van der Waals surface area contributed by atoms with Crippen LogP contribution in [0.5, 0.6) is 0 Å². The molecule has 1 heterocycles. The van der Waals surface area contributed by atoms with E-state index >= 15 is 0 Å². The molecule has 124 valence electrons. The van der Waals surface area contributed by atoms with Gasteiger partial charge in [0.2, 0.25) is 0 Å². The molecule has 0 aliphatic carbocycles. The second-order valence-electron chi connectivity index (χ2n) is 6.23. The fourth-order valence-corrected chi connectivity index (χ4v) is 2.38. The molecule has 23 heavy (non-hydrogen) atoms. The van der Waals surface area contributed by atoms with Gasteiger partial charge in [-0.25, -0.2) is 4.68 Å². The van der Waals surface area contributed by atoms with Crippen molar-refractivity contribution in [3.05, 3.63) is 51.4 Å². The average Bonchev–Trinajstić information content (AvgIpc) is 2.50. The third-order valence-electron chi connectivity index (χ3n) is 3.32. The van der Waals surface area contributed by atoms with E-state index in [-0.39, 0.29) is 17.2 Å². The zero-order valence-corrected chi connectivity index (χ0v) is 14.3. The van der Waals surface area contributed by atoms with Gasteiger partial charge in [0, 0.05) is 5.56 Å². The maximum Gasteiger partial charge on any atom is 0.286 e. The number of aromatic nitrogens is 2. The van der Waals surface area contributed by atoms with E-state index in [0.29, 0.717) is 18.8 Å². The van der Waals surface area contributed by atoms with Gasteiger partial charge in [-0.3, -0.25) is 4.79 Å². The molecule has 2 rings (SSSR count).